The van der Waals surface area contributed by atoms with Crippen LogP contribution in [0.5, 0.6) is 0 Å². The van der Waals surface area contributed by atoms with Crippen molar-refractivity contribution in [2.45, 2.75) is 25.3 Å². The molecule has 0 radical (unpaired) electrons. The van der Waals surface area contributed by atoms with Gasteiger partial charge in [-0.15, -0.1) is 0 Å². The number of fused-ring (bicyclic) bond motifs is 1. The summed E-state index contributed by atoms with van der Waals surface area (Å²) in [5, 5.41) is 0. The van der Waals surface area contributed by atoms with E-state index in [0.29, 0.717) is 12.3 Å². The summed E-state index contributed by atoms with van der Waals surface area (Å²) in [7, 11) is -4.20. The summed E-state index contributed by atoms with van der Waals surface area (Å²) < 4.78 is 30.8. The van der Waals surface area contributed by atoms with Crippen LogP contribution in [-0.2, 0) is 16.6 Å². The molecule has 0 aliphatic carbocycles. The average molecular weight is 362 g/mol. The predicted octanol–water partition coefficient (Wildman–Crippen LogP) is 2.11. The molecule has 7 nitrogen and oxygen atoms in total. The van der Waals surface area contributed by atoms with Gasteiger partial charge in [-0.1, -0.05) is 26.0 Å². The molecule has 2 amide bonds. The number of hydrogen-bond acceptors (Lipinski definition) is 6. The molecule has 25 heavy (non-hydrogen) atoms. The maximum Gasteiger partial charge on any atom is 0.310 e. The molecule has 0 fully saturated rings. The molecule has 0 spiro atoms. The standard InChI is InChI=1S/C17H18N2O5S/c1-3-18(4-2)11-12-9-10-14(24-12)17(21)19-16(20)13-7-5-6-8-15(13)25(19,22)23/h5-10H,3-4,11H2,1-2H3. The quantitative estimate of drug-likeness (QED) is 0.757. The Bertz CT molecular complexity index is 928. The monoisotopic (exact) mass is 362 g/mol. The lowest BCUT2D eigenvalue weighted by molar-refractivity contribution is 0.0719. The third-order valence-electron chi connectivity index (χ3n) is 4.15. The predicted molar refractivity (Wildman–Crippen MR) is 89.5 cm³/mol. The first-order valence-electron chi connectivity index (χ1n) is 7.94. The summed E-state index contributed by atoms with van der Waals surface area (Å²) in [5.41, 5.74) is -0.00855. The van der Waals surface area contributed by atoms with Crippen LogP contribution in [0.25, 0.3) is 0 Å². The number of hydrogen-bond donors (Lipinski definition) is 0. The highest BCUT2D eigenvalue weighted by Crippen LogP contribution is 2.31. The second-order valence-electron chi connectivity index (χ2n) is 5.60. The van der Waals surface area contributed by atoms with E-state index in [1.165, 1.54) is 24.3 Å². The maximum atomic E-state index is 12.6. The van der Waals surface area contributed by atoms with E-state index in [1.54, 1.807) is 12.1 Å². The maximum absolute atomic E-state index is 12.6. The number of carbonyl (C=O) groups excluding carboxylic acids is 2. The van der Waals surface area contributed by atoms with Gasteiger partial charge in [0.05, 0.1) is 12.1 Å². The van der Waals surface area contributed by atoms with E-state index < -0.39 is 21.8 Å². The van der Waals surface area contributed by atoms with Crippen molar-refractivity contribution in [3.63, 3.8) is 0 Å². The topological polar surface area (TPSA) is 87.9 Å². The van der Waals surface area contributed by atoms with E-state index >= 15 is 0 Å². The summed E-state index contributed by atoms with van der Waals surface area (Å²) in [4.78, 5) is 26.9. The third kappa shape index (κ3) is 2.87. The number of imide groups is 1. The minimum absolute atomic E-state index is 0.00855. The molecule has 0 unspecified atom stereocenters. The van der Waals surface area contributed by atoms with E-state index in [2.05, 4.69) is 4.90 Å². The van der Waals surface area contributed by atoms with E-state index in [9.17, 15) is 18.0 Å². The lowest BCUT2D eigenvalue weighted by atomic mass is 10.2. The highest BCUT2D eigenvalue weighted by atomic mass is 32.2. The second kappa shape index (κ2) is 6.45. The van der Waals surface area contributed by atoms with Crippen LogP contribution in [0, 0.1) is 0 Å². The molecular weight excluding hydrogens is 344 g/mol. The third-order valence-corrected chi connectivity index (χ3v) is 5.88. The van der Waals surface area contributed by atoms with Crippen LogP contribution < -0.4 is 0 Å². The van der Waals surface area contributed by atoms with Crippen LogP contribution in [-0.4, -0.2) is 42.5 Å². The Balaban J connectivity index is 1.90. The lowest BCUT2D eigenvalue weighted by Gasteiger charge is -2.16. The molecule has 0 N–H and O–H groups in total. The number of rotatable bonds is 5. The van der Waals surface area contributed by atoms with Crippen LogP contribution in [0.15, 0.2) is 45.7 Å². The zero-order valence-electron chi connectivity index (χ0n) is 13.9. The van der Waals surface area contributed by atoms with Crippen LogP contribution in [0.4, 0.5) is 0 Å². The van der Waals surface area contributed by atoms with Crippen LogP contribution in [0.1, 0.15) is 40.5 Å². The molecule has 0 bridgehead atoms. The number of sulfonamides is 1. The molecule has 2 heterocycles. The van der Waals surface area contributed by atoms with Crippen LogP contribution >= 0.6 is 0 Å². The molecule has 1 aliphatic heterocycles. The molecule has 2 aromatic rings. The molecule has 1 aliphatic rings. The van der Waals surface area contributed by atoms with Gasteiger partial charge in [0, 0.05) is 0 Å². The van der Waals surface area contributed by atoms with Gasteiger partial charge in [0.25, 0.3) is 15.9 Å². The summed E-state index contributed by atoms with van der Waals surface area (Å²) >= 11 is 0. The van der Waals surface area contributed by atoms with Gasteiger partial charge < -0.3 is 4.42 Å². The summed E-state index contributed by atoms with van der Waals surface area (Å²) in [6, 6.07) is 8.76. The largest absolute Gasteiger partial charge is 0.454 e. The Labute approximate surface area is 145 Å². The summed E-state index contributed by atoms with van der Waals surface area (Å²) in [6.45, 7) is 6.14. The number of amides is 2. The number of benzene rings is 1. The highest BCUT2D eigenvalue weighted by Gasteiger charge is 2.46. The van der Waals surface area contributed by atoms with Crippen molar-refractivity contribution in [2.24, 2.45) is 0 Å². The van der Waals surface area contributed by atoms with Crippen molar-refractivity contribution in [1.29, 1.82) is 0 Å². The van der Waals surface area contributed by atoms with Gasteiger partial charge in [-0.05, 0) is 37.4 Å². The van der Waals surface area contributed by atoms with Gasteiger partial charge in [0.1, 0.15) is 10.7 Å². The van der Waals surface area contributed by atoms with Gasteiger partial charge in [-0.3, -0.25) is 14.5 Å². The number of carbonyl (C=O) groups is 2. The second-order valence-corrected chi connectivity index (χ2v) is 7.36. The molecule has 0 saturated carbocycles. The number of furan rings is 1. The van der Waals surface area contributed by atoms with Crippen molar-refractivity contribution in [2.75, 3.05) is 13.1 Å². The van der Waals surface area contributed by atoms with Crippen molar-refractivity contribution in [3.05, 3.63) is 53.5 Å². The van der Waals surface area contributed by atoms with Crippen LogP contribution in [0.2, 0.25) is 0 Å². The van der Waals surface area contributed by atoms with Crippen molar-refractivity contribution in [1.82, 2.24) is 9.21 Å². The normalized spacial score (nSPS) is 15.6. The van der Waals surface area contributed by atoms with Crippen molar-refractivity contribution in [3.8, 4) is 0 Å². The summed E-state index contributed by atoms with van der Waals surface area (Å²) in [6.07, 6.45) is 0. The lowest BCUT2D eigenvalue weighted by Crippen LogP contribution is -2.36. The Morgan fingerprint density at radius 2 is 1.80 bits per heavy atom. The molecule has 132 valence electrons. The minimum Gasteiger partial charge on any atom is -0.454 e. The average Bonchev–Trinajstić information content (AvgIpc) is 3.14. The highest BCUT2D eigenvalue weighted by molar-refractivity contribution is 7.90. The molecule has 8 heteroatoms. The SMILES string of the molecule is CCN(CC)Cc1ccc(C(=O)N2C(=O)c3ccccc3S2(=O)=O)o1. The smallest absolute Gasteiger partial charge is 0.310 e. The van der Waals surface area contributed by atoms with E-state index in [-0.39, 0.29) is 20.5 Å². The zero-order valence-corrected chi connectivity index (χ0v) is 14.7. The molecule has 1 aromatic carbocycles. The first kappa shape index (κ1) is 17.4. The molecule has 3 rings (SSSR count). The molecular formula is C17H18N2O5S. The van der Waals surface area contributed by atoms with Gasteiger partial charge in [0.2, 0.25) is 0 Å². The molecule has 1 aromatic heterocycles. The Hall–Kier alpha value is -2.45. The van der Waals surface area contributed by atoms with Crippen molar-refractivity contribution >= 4 is 21.8 Å². The van der Waals surface area contributed by atoms with Gasteiger partial charge in [0.15, 0.2) is 5.76 Å². The van der Waals surface area contributed by atoms with E-state index in [1.807, 2.05) is 13.8 Å². The number of nitrogens with zero attached hydrogens (tertiary/aromatic N) is 2. The summed E-state index contributed by atoms with van der Waals surface area (Å²) in [5.74, 6) is -1.48. The van der Waals surface area contributed by atoms with Gasteiger partial charge >= 0.3 is 5.91 Å². The molecule has 0 saturated heterocycles. The first-order valence-corrected chi connectivity index (χ1v) is 9.38. The fourth-order valence-corrected chi connectivity index (χ4v) is 4.24. The molecule has 0 atom stereocenters. The fraction of sp³-hybridized carbons (Fsp3) is 0.294. The zero-order chi connectivity index (χ0) is 18.2. The first-order chi connectivity index (χ1) is 11.9. The van der Waals surface area contributed by atoms with E-state index in [0.717, 1.165) is 13.1 Å². The van der Waals surface area contributed by atoms with Gasteiger partial charge in [-0.25, -0.2) is 8.42 Å². The minimum atomic E-state index is -4.20. The van der Waals surface area contributed by atoms with Crippen LogP contribution in [0.3, 0.4) is 0 Å². The Morgan fingerprint density at radius 1 is 1.12 bits per heavy atom. The fourth-order valence-electron chi connectivity index (χ4n) is 2.73. The van der Waals surface area contributed by atoms with Crippen molar-refractivity contribution < 1.29 is 22.4 Å². The van der Waals surface area contributed by atoms with Gasteiger partial charge in [-0.2, -0.15) is 4.31 Å². The Kier molecular flexibility index (Phi) is 4.49. The Morgan fingerprint density at radius 3 is 2.44 bits per heavy atom. The van der Waals surface area contributed by atoms with E-state index in [4.69, 9.17) is 4.42 Å².